The molecule has 0 radical (unpaired) electrons. The molecule has 134 valence electrons. The molecule has 3 heterocycles. The third-order valence-corrected chi connectivity index (χ3v) is 5.79. The fraction of sp³-hybridized carbons (Fsp3) is 0.400. The van der Waals surface area contributed by atoms with E-state index in [4.69, 9.17) is 9.47 Å². The molecule has 2 aromatic rings. The molecule has 3 atom stereocenters. The summed E-state index contributed by atoms with van der Waals surface area (Å²) in [6.45, 7) is 1.55. The van der Waals surface area contributed by atoms with E-state index in [0.29, 0.717) is 6.42 Å². The van der Waals surface area contributed by atoms with Crippen molar-refractivity contribution in [3.05, 3.63) is 53.9 Å². The molecule has 0 fully saturated rings. The van der Waals surface area contributed by atoms with Crippen LogP contribution in [0.25, 0.3) is 0 Å². The highest BCUT2D eigenvalue weighted by Crippen LogP contribution is 2.55. The lowest BCUT2D eigenvalue weighted by Gasteiger charge is -2.35. The predicted octanol–water partition coefficient (Wildman–Crippen LogP) is 2.22. The van der Waals surface area contributed by atoms with Gasteiger partial charge in [0.1, 0.15) is 6.10 Å². The Morgan fingerprint density at radius 2 is 2.15 bits per heavy atom. The molecule has 0 saturated carbocycles. The maximum atomic E-state index is 10.1. The van der Waals surface area contributed by atoms with Gasteiger partial charge in [-0.2, -0.15) is 0 Å². The maximum absolute atomic E-state index is 10.1. The van der Waals surface area contributed by atoms with E-state index >= 15 is 0 Å². The number of benzene rings is 1. The Morgan fingerprint density at radius 1 is 1.31 bits per heavy atom. The van der Waals surface area contributed by atoms with Crippen molar-refractivity contribution in [1.82, 2.24) is 9.97 Å². The zero-order valence-corrected chi connectivity index (χ0v) is 14.6. The van der Waals surface area contributed by atoms with Crippen molar-refractivity contribution >= 4 is 5.95 Å². The van der Waals surface area contributed by atoms with Crippen LogP contribution in [0.3, 0.4) is 0 Å². The normalized spacial score (nSPS) is 28.8. The Balaban J connectivity index is 1.66. The molecule has 1 aliphatic carbocycles. The van der Waals surface area contributed by atoms with Crippen LogP contribution in [0.15, 0.2) is 42.7 Å². The predicted molar refractivity (Wildman–Crippen MR) is 96.6 cm³/mol. The molecule has 1 N–H and O–H groups in total. The van der Waals surface area contributed by atoms with E-state index in [1.165, 1.54) is 11.1 Å². The van der Waals surface area contributed by atoms with Gasteiger partial charge in [0, 0.05) is 37.5 Å². The zero-order chi connectivity index (χ0) is 17.7. The van der Waals surface area contributed by atoms with Crippen molar-refractivity contribution in [3.63, 3.8) is 0 Å². The summed E-state index contributed by atoms with van der Waals surface area (Å²) in [4.78, 5) is 11.1. The van der Waals surface area contributed by atoms with Gasteiger partial charge < -0.3 is 19.5 Å². The summed E-state index contributed by atoms with van der Waals surface area (Å²) in [6, 6.07) is 5.91. The first kappa shape index (κ1) is 15.6. The molecule has 2 aliphatic heterocycles. The summed E-state index contributed by atoms with van der Waals surface area (Å²) in [7, 11) is 1.67. The van der Waals surface area contributed by atoms with Crippen molar-refractivity contribution in [2.24, 2.45) is 0 Å². The highest BCUT2D eigenvalue weighted by Gasteiger charge is 2.52. The van der Waals surface area contributed by atoms with E-state index in [2.05, 4.69) is 27.0 Å². The fourth-order valence-corrected chi connectivity index (χ4v) is 4.56. The van der Waals surface area contributed by atoms with Gasteiger partial charge in [0.25, 0.3) is 0 Å². The van der Waals surface area contributed by atoms with Crippen LogP contribution in [0.4, 0.5) is 5.95 Å². The number of aliphatic hydroxyl groups excluding tert-OH is 1. The monoisotopic (exact) mass is 351 g/mol. The average Bonchev–Trinajstić information content (AvgIpc) is 2.90. The number of aromatic nitrogens is 2. The highest BCUT2D eigenvalue weighted by molar-refractivity contribution is 5.62. The third-order valence-electron chi connectivity index (χ3n) is 5.79. The summed E-state index contributed by atoms with van der Waals surface area (Å²) in [5.74, 6) is 2.32. The Bertz CT molecular complexity index is 870. The first-order valence-electron chi connectivity index (χ1n) is 8.98. The van der Waals surface area contributed by atoms with Gasteiger partial charge in [0.2, 0.25) is 5.95 Å². The van der Waals surface area contributed by atoms with E-state index in [9.17, 15) is 5.11 Å². The third kappa shape index (κ3) is 2.15. The van der Waals surface area contributed by atoms with Crippen LogP contribution in [0.1, 0.15) is 24.0 Å². The van der Waals surface area contributed by atoms with Crippen LogP contribution >= 0.6 is 0 Å². The summed E-state index contributed by atoms with van der Waals surface area (Å²) in [6.07, 6.45) is 8.54. The Morgan fingerprint density at radius 3 is 2.96 bits per heavy atom. The molecule has 1 aromatic heterocycles. The van der Waals surface area contributed by atoms with Crippen LogP contribution in [0.2, 0.25) is 0 Å². The molecule has 3 unspecified atom stereocenters. The van der Waals surface area contributed by atoms with Crippen molar-refractivity contribution in [2.75, 3.05) is 18.6 Å². The van der Waals surface area contributed by atoms with Crippen LogP contribution in [-0.2, 0) is 12.0 Å². The SMILES string of the molecule is COc1ccc2c3c1OC1CC(O)C=CC31CCN(c1ncccn1)C2. The molecule has 6 heteroatoms. The number of hydrogen-bond acceptors (Lipinski definition) is 6. The number of rotatable bonds is 2. The molecular weight excluding hydrogens is 330 g/mol. The van der Waals surface area contributed by atoms with E-state index in [1.54, 1.807) is 19.5 Å². The molecule has 26 heavy (non-hydrogen) atoms. The number of aliphatic hydroxyl groups is 1. The standard InChI is InChI=1S/C20H21N3O3/c1-25-15-4-3-13-12-23(19-21-8-2-9-22-19)10-7-20-6-5-14(24)11-16(20)26-18(15)17(13)20/h2-6,8-9,14,16,24H,7,10-12H2,1H3. The van der Waals surface area contributed by atoms with Crippen LogP contribution in [0, 0.1) is 0 Å². The van der Waals surface area contributed by atoms with E-state index in [0.717, 1.165) is 37.0 Å². The average molecular weight is 351 g/mol. The van der Waals surface area contributed by atoms with Gasteiger partial charge >= 0.3 is 0 Å². The minimum atomic E-state index is -0.466. The Kier molecular flexibility index (Phi) is 3.43. The lowest BCUT2D eigenvalue weighted by atomic mass is 9.69. The Labute approximate surface area is 152 Å². The van der Waals surface area contributed by atoms with E-state index in [1.807, 2.05) is 18.2 Å². The molecular formula is C20H21N3O3. The first-order valence-corrected chi connectivity index (χ1v) is 8.98. The van der Waals surface area contributed by atoms with Gasteiger partial charge in [-0.1, -0.05) is 18.2 Å². The summed E-state index contributed by atoms with van der Waals surface area (Å²) >= 11 is 0. The van der Waals surface area contributed by atoms with Gasteiger partial charge in [-0.15, -0.1) is 0 Å². The van der Waals surface area contributed by atoms with Crippen molar-refractivity contribution < 1.29 is 14.6 Å². The number of nitrogens with zero attached hydrogens (tertiary/aromatic N) is 3. The summed E-state index contributed by atoms with van der Waals surface area (Å²) in [5, 5.41) is 10.1. The van der Waals surface area contributed by atoms with Crippen molar-refractivity contribution in [1.29, 1.82) is 0 Å². The smallest absolute Gasteiger partial charge is 0.225 e. The fourth-order valence-electron chi connectivity index (χ4n) is 4.56. The maximum Gasteiger partial charge on any atom is 0.225 e. The number of hydrogen-bond donors (Lipinski definition) is 1. The largest absolute Gasteiger partial charge is 0.493 e. The molecule has 0 amide bonds. The van der Waals surface area contributed by atoms with Crippen LogP contribution < -0.4 is 14.4 Å². The minimum absolute atomic E-state index is 0.0795. The van der Waals surface area contributed by atoms with Gasteiger partial charge in [0.05, 0.1) is 18.6 Å². The van der Waals surface area contributed by atoms with Crippen LogP contribution in [-0.4, -0.2) is 40.9 Å². The molecule has 5 rings (SSSR count). The molecule has 1 aromatic carbocycles. The van der Waals surface area contributed by atoms with Gasteiger partial charge in [-0.05, 0) is 24.1 Å². The minimum Gasteiger partial charge on any atom is -0.493 e. The lowest BCUT2D eigenvalue weighted by Crippen LogP contribution is -2.43. The molecule has 1 spiro atoms. The molecule has 3 aliphatic rings. The second-order valence-corrected chi connectivity index (χ2v) is 7.16. The van der Waals surface area contributed by atoms with Crippen LogP contribution in [0.5, 0.6) is 11.5 Å². The van der Waals surface area contributed by atoms with E-state index < -0.39 is 6.10 Å². The lowest BCUT2D eigenvalue weighted by molar-refractivity contribution is 0.0856. The van der Waals surface area contributed by atoms with Gasteiger partial charge in [0.15, 0.2) is 11.5 Å². The topological polar surface area (TPSA) is 67.7 Å². The number of methoxy groups -OCH3 is 1. The number of anilines is 1. The van der Waals surface area contributed by atoms with E-state index in [-0.39, 0.29) is 11.5 Å². The van der Waals surface area contributed by atoms with Crippen molar-refractivity contribution in [3.8, 4) is 11.5 Å². The summed E-state index contributed by atoms with van der Waals surface area (Å²) in [5.41, 5.74) is 2.17. The quantitative estimate of drug-likeness (QED) is 0.837. The molecule has 0 saturated heterocycles. The zero-order valence-electron chi connectivity index (χ0n) is 14.6. The number of ether oxygens (including phenoxy) is 2. The Hall–Kier alpha value is -2.60. The molecule has 6 nitrogen and oxygen atoms in total. The molecule has 0 bridgehead atoms. The summed E-state index contributed by atoms with van der Waals surface area (Å²) < 4.78 is 11.9. The highest BCUT2D eigenvalue weighted by atomic mass is 16.5. The second kappa shape index (κ2) is 5.71. The second-order valence-electron chi connectivity index (χ2n) is 7.16. The van der Waals surface area contributed by atoms with Gasteiger partial charge in [-0.3, -0.25) is 0 Å². The first-order chi connectivity index (χ1) is 12.7. The van der Waals surface area contributed by atoms with Gasteiger partial charge in [-0.25, -0.2) is 9.97 Å². The van der Waals surface area contributed by atoms with Crippen molar-refractivity contribution in [2.45, 2.75) is 37.0 Å².